The lowest BCUT2D eigenvalue weighted by atomic mass is 9.90. The summed E-state index contributed by atoms with van der Waals surface area (Å²) in [4.78, 5) is 0. The summed E-state index contributed by atoms with van der Waals surface area (Å²) in [5, 5.41) is 3.13. The third-order valence-corrected chi connectivity index (χ3v) is 7.06. The Morgan fingerprint density at radius 1 is 1.18 bits per heavy atom. The van der Waals surface area contributed by atoms with E-state index < -0.39 is 5.69 Å². The molecule has 1 aliphatic rings. The van der Waals surface area contributed by atoms with Crippen LogP contribution in [0.15, 0.2) is 0 Å². The van der Waals surface area contributed by atoms with Gasteiger partial charge in [-0.1, -0.05) is 25.2 Å². The van der Waals surface area contributed by atoms with Gasteiger partial charge in [0.2, 0.25) is 0 Å². The van der Waals surface area contributed by atoms with E-state index in [-0.39, 0.29) is 0 Å². The summed E-state index contributed by atoms with van der Waals surface area (Å²) in [6, 6.07) is 0. The molecular formula is C12H21O2PS2. The Hall–Kier alpha value is 0.480. The average molecular weight is 292 g/mol. The van der Waals surface area contributed by atoms with Crippen LogP contribution in [0.2, 0.25) is 0 Å². The van der Waals surface area contributed by atoms with Gasteiger partial charge in [0.15, 0.2) is 0 Å². The van der Waals surface area contributed by atoms with E-state index >= 15 is 0 Å². The molecule has 0 heterocycles. The van der Waals surface area contributed by atoms with Gasteiger partial charge in [-0.15, -0.1) is 0 Å². The second-order valence-corrected chi connectivity index (χ2v) is 9.88. The Morgan fingerprint density at radius 2 is 1.76 bits per heavy atom. The largest absolute Gasteiger partial charge is 0.321 e. The minimum Gasteiger partial charge on any atom is -0.321 e. The lowest BCUT2D eigenvalue weighted by molar-refractivity contribution is 0.281. The van der Waals surface area contributed by atoms with E-state index in [0.29, 0.717) is 19.1 Å². The third kappa shape index (κ3) is 6.27. The van der Waals surface area contributed by atoms with Crippen molar-refractivity contribution in [2.45, 2.75) is 46.0 Å². The molecule has 0 aliphatic heterocycles. The Bertz CT molecular complexity index is 306. The molecule has 0 amide bonds. The lowest BCUT2D eigenvalue weighted by Crippen LogP contribution is -2.02. The van der Waals surface area contributed by atoms with Gasteiger partial charge in [0, 0.05) is 17.3 Å². The molecule has 0 N–H and O–H groups in total. The predicted molar refractivity (Wildman–Crippen MR) is 79.5 cm³/mol. The Labute approximate surface area is 114 Å². The highest BCUT2D eigenvalue weighted by Gasteiger charge is 2.18. The highest BCUT2D eigenvalue weighted by Crippen LogP contribution is 2.60. The minimum absolute atomic E-state index is 0.558. The van der Waals surface area contributed by atoms with Gasteiger partial charge >= 0.3 is 0 Å². The monoisotopic (exact) mass is 292 g/mol. The van der Waals surface area contributed by atoms with Crippen LogP contribution in [-0.4, -0.2) is 13.2 Å². The molecule has 0 unspecified atom stereocenters. The molecule has 1 saturated carbocycles. The first-order valence-electron chi connectivity index (χ1n) is 6.28. The van der Waals surface area contributed by atoms with Gasteiger partial charge in [0.05, 0.1) is 13.2 Å². The highest BCUT2D eigenvalue weighted by atomic mass is 32.9. The maximum Gasteiger partial charge on any atom is 0.259 e. The van der Waals surface area contributed by atoms with Crippen molar-refractivity contribution >= 4 is 28.9 Å². The Morgan fingerprint density at radius 3 is 2.29 bits per heavy atom. The van der Waals surface area contributed by atoms with Gasteiger partial charge in [0.1, 0.15) is 0 Å². The zero-order valence-corrected chi connectivity index (χ0v) is 13.1. The summed E-state index contributed by atoms with van der Waals surface area (Å²) in [5.41, 5.74) is -2.21. The first-order chi connectivity index (χ1) is 8.20. The van der Waals surface area contributed by atoms with Gasteiger partial charge < -0.3 is 9.05 Å². The molecular weight excluding hydrogens is 271 g/mol. The van der Waals surface area contributed by atoms with Crippen LogP contribution in [0.25, 0.3) is 0 Å². The second kappa shape index (κ2) is 8.56. The molecule has 1 rings (SSSR count). The van der Waals surface area contributed by atoms with Crippen LogP contribution in [-0.2, 0) is 20.9 Å². The Kier molecular flexibility index (Phi) is 7.82. The molecule has 0 aromatic carbocycles. The van der Waals surface area contributed by atoms with Crippen molar-refractivity contribution in [3.63, 3.8) is 0 Å². The molecule has 0 saturated heterocycles. The van der Waals surface area contributed by atoms with Gasteiger partial charge in [-0.3, -0.25) is 0 Å². The topological polar surface area (TPSA) is 18.5 Å². The van der Waals surface area contributed by atoms with Crippen molar-refractivity contribution in [1.29, 1.82) is 0 Å². The van der Waals surface area contributed by atoms with Gasteiger partial charge in [0.25, 0.3) is 5.69 Å². The molecule has 0 spiro atoms. The fraction of sp³-hybridized carbons (Fsp3) is 0.833. The van der Waals surface area contributed by atoms with E-state index in [9.17, 15) is 0 Å². The fourth-order valence-electron chi connectivity index (χ4n) is 1.82. The van der Waals surface area contributed by atoms with Crippen LogP contribution < -0.4 is 0 Å². The summed E-state index contributed by atoms with van der Waals surface area (Å²) in [5.74, 6) is 3.87. The molecule has 1 aliphatic carbocycles. The second-order valence-electron chi connectivity index (χ2n) is 3.96. The van der Waals surface area contributed by atoms with Gasteiger partial charge in [-0.2, -0.15) is 0 Å². The van der Waals surface area contributed by atoms with Crippen LogP contribution in [0.4, 0.5) is 0 Å². The van der Waals surface area contributed by atoms with E-state index in [4.69, 9.17) is 20.9 Å². The van der Waals surface area contributed by atoms with Crippen molar-refractivity contribution in [3.05, 3.63) is 0 Å². The molecule has 0 atom stereocenters. The maximum absolute atomic E-state index is 5.52. The van der Waals surface area contributed by atoms with E-state index in [1.165, 1.54) is 43.5 Å². The molecule has 1 fully saturated rings. The van der Waals surface area contributed by atoms with Crippen LogP contribution in [0.3, 0.4) is 0 Å². The SMILES string of the molecule is CCOP(=S)(OCC)SC#CC1CCCCC1. The van der Waals surface area contributed by atoms with Gasteiger partial charge in [-0.25, -0.2) is 0 Å². The maximum atomic E-state index is 5.52. The molecule has 0 aromatic heterocycles. The van der Waals surface area contributed by atoms with E-state index in [1.807, 2.05) is 13.8 Å². The lowest BCUT2D eigenvalue weighted by Gasteiger charge is -2.17. The number of hydrogen-bond acceptors (Lipinski definition) is 4. The molecule has 98 valence electrons. The smallest absolute Gasteiger partial charge is 0.259 e. The first kappa shape index (κ1) is 15.5. The summed E-state index contributed by atoms with van der Waals surface area (Å²) in [7, 11) is 0. The Balaban J connectivity index is 2.45. The van der Waals surface area contributed by atoms with Crippen LogP contribution in [0, 0.1) is 17.1 Å². The molecule has 0 radical (unpaired) electrons. The normalized spacial score (nSPS) is 17.5. The average Bonchev–Trinajstić information content (AvgIpc) is 2.31. The van der Waals surface area contributed by atoms with Crippen molar-refractivity contribution < 1.29 is 9.05 Å². The molecule has 5 heteroatoms. The van der Waals surface area contributed by atoms with Crippen LogP contribution in [0.1, 0.15) is 46.0 Å². The zero-order chi connectivity index (χ0) is 12.6. The summed E-state index contributed by atoms with van der Waals surface area (Å²) in [6.45, 7) is 5.06. The molecule has 2 nitrogen and oxygen atoms in total. The summed E-state index contributed by atoms with van der Waals surface area (Å²) >= 11 is 6.78. The number of hydrogen-bond donors (Lipinski definition) is 0. The minimum atomic E-state index is -2.21. The quantitative estimate of drug-likeness (QED) is 0.546. The van der Waals surface area contributed by atoms with Crippen LogP contribution >= 0.6 is 17.1 Å². The molecule has 0 aromatic rings. The first-order valence-corrected chi connectivity index (χ1v) is 10.3. The van der Waals surface area contributed by atoms with Crippen molar-refractivity contribution in [3.8, 4) is 11.2 Å². The van der Waals surface area contributed by atoms with E-state index in [1.54, 1.807) is 0 Å². The highest BCUT2D eigenvalue weighted by molar-refractivity contribution is 8.69. The predicted octanol–water partition coefficient (Wildman–Crippen LogP) is 4.56. The third-order valence-electron chi connectivity index (χ3n) is 2.60. The summed E-state index contributed by atoms with van der Waals surface area (Å²) in [6.07, 6.45) is 6.46. The number of rotatable bonds is 5. The van der Waals surface area contributed by atoms with Crippen molar-refractivity contribution in [2.24, 2.45) is 5.92 Å². The standard InChI is InChI=1S/C12H21O2PS2/c1-3-13-15(16,14-4-2)17-11-10-12-8-6-5-7-9-12/h12H,3-9H2,1-2H3. The zero-order valence-electron chi connectivity index (χ0n) is 10.6. The fourth-order valence-corrected chi connectivity index (χ4v) is 5.37. The van der Waals surface area contributed by atoms with Crippen molar-refractivity contribution in [2.75, 3.05) is 13.2 Å². The van der Waals surface area contributed by atoms with Gasteiger partial charge in [-0.05, 0) is 43.7 Å². The van der Waals surface area contributed by atoms with E-state index in [0.717, 1.165) is 0 Å². The van der Waals surface area contributed by atoms with E-state index in [2.05, 4.69) is 11.2 Å². The van der Waals surface area contributed by atoms with Crippen LogP contribution in [0.5, 0.6) is 0 Å². The van der Waals surface area contributed by atoms with Crippen molar-refractivity contribution in [1.82, 2.24) is 0 Å². The molecule has 0 bridgehead atoms. The molecule has 17 heavy (non-hydrogen) atoms. The summed E-state index contributed by atoms with van der Waals surface area (Å²) < 4.78 is 11.0.